The van der Waals surface area contributed by atoms with Gasteiger partial charge in [-0.15, -0.1) is 35.3 Å². The summed E-state index contributed by atoms with van der Waals surface area (Å²) in [6, 6.07) is 4.12. The molecular formula is C10H11NS3. The van der Waals surface area contributed by atoms with E-state index >= 15 is 0 Å². The monoisotopic (exact) mass is 241 g/mol. The van der Waals surface area contributed by atoms with E-state index in [1.807, 2.05) is 53.7 Å². The summed E-state index contributed by atoms with van der Waals surface area (Å²) >= 11 is 5.88. The van der Waals surface area contributed by atoms with Crippen LogP contribution in [-0.2, 0) is 0 Å². The number of hydrogen-bond donors (Lipinski definition) is 0. The first-order valence-electron chi connectivity index (χ1n) is 4.32. The molecule has 4 heteroatoms. The predicted octanol–water partition coefficient (Wildman–Crippen LogP) is 3.90. The molecule has 2 heterocycles. The van der Waals surface area contributed by atoms with Crippen molar-refractivity contribution in [2.75, 3.05) is 10.2 Å². The van der Waals surface area contributed by atoms with Crippen molar-refractivity contribution in [3.05, 3.63) is 34.3 Å². The van der Waals surface area contributed by atoms with Crippen molar-refractivity contribution in [3.63, 3.8) is 0 Å². The largest absolute Gasteiger partial charge is 0.264 e. The van der Waals surface area contributed by atoms with Crippen LogP contribution < -0.4 is 0 Å². The number of aromatic nitrogens is 1. The van der Waals surface area contributed by atoms with Gasteiger partial charge in [-0.2, -0.15) is 0 Å². The molecule has 1 aliphatic heterocycles. The lowest BCUT2D eigenvalue weighted by Gasteiger charge is -2.15. The van der Waals surface area contributed by atoms with Crippen LogP contribution >= 0.6 is 35.3 Å². The number of allylic oxidation sites excluding steroid dienone is 1. The van der Waals surface area contributed by atoms with Gasteiger partial charge >= 0.3 is 0 Å². The molecule has 0 radical (unpaired) electrons. The van der Waals surface area contributed by atoms with Gasteiger partial charge < -0.3 is 0 Å². The van der Waals surface area contributed by atoms with Crippen molar-refractivity contribution in [1.82, 2.24) is 4.98 Å². The zero-order valence-electron chi connectivity index (χ0n) is 7.90. The Morgan fingerprint density at radius 2 is 2.14 bits per heavy atom. The highest BCUT2D eigenvalue weighted by molar-refractivity contribution is 8.36. The van der Waals surface area contributed by atoms with E-state index in [1.165, 1.54) is 25.5 Å². The molecule has 1 aromatic rings. The minimum absolute atomic E-state index is 1.18. The van der Waals surface area contributed by atoms with Crippen LogP contribution in [0.3, 0.4) is 0 Å². The Morgan fingerprint density at radius 3 is 2.79 bits per heavy atom. The van der Waals surface area contributed by atoms with Gasteiger partial charge in [-0.1, -0.05) is 6.07 Å². The normalized spacial score (nSPS) is 16.8. The van der Waals surface area contributed by atoms with Gasteiger partial charge in [-0.05, 0) is 24.1 Å². The molecule has 0 saturated carbocycles. The molecule has 0 amide bonds. The summed E-state index contributed by atoms with van der Waals surface area (Å²) in [4.78, 5) is 4.14. The summed E-state index contributed by atoms with van der Waals surface area (Å²) in [5.74, 6) is 0. The van der Waals surface area contributed by atoms with Crippen LogP contribution in [0, 0.1) is 0 Å². The summed E-state index contributed by atoms with van der Waals surface area (Å²) in [5.41, 5.74) is 2.61. The third-order valence-electron chi connectivity index (χ3n) is 1.95. The van der Waals surface area contributed by atoms with Gasteiger partial charge in [0.25, 0.3) is 0 Å². The van der Waals surface area contributed by atoms with E-state index in [1.54, 1.807) is 0 Å². The van der Waals surface area contributed by atoms with Gasteiger partial charge in [-0.3, -0.25) is 4.98 Å². The van der Waals surface area contributed by atoms with E-state index in [0.29, 0.717) is 0 Å². The minimum atomic E-state index is 1.18. The van der Waals surface area contributed by atoms with Crippen LogP contribution in [0.5, 0.6) is 0 Å². The average Bonchev–Trinajstić information content (AvgIpc) is 2.30. The van der Waals surface area contributed by atoms with Crippen LogP contribution in [0.25, 0.3) is 5.57 Å². The van der Waals surface area contributed by atoms with Crippen LogP contribution in [-0.4, -0.2) is 15.2 Å². The van der Waals surface area contributed by atoms with Crippen molar-refractivity contribution >= 4 is 40.9 Å². The van der Waals surface area contributed by atoms with Crippen molar-refractivity contribution < 1.29 is 0 Å². The molecule has 14 heavy (non-hydrogen) atoms. The van der Waals surface area contributed by atoms with Crippen molar-refractivity contribution in [2.24, 2.45) is 0 Å². The SMILES string of the molecule is CC(=C1SCSCS1)c1cccnc1. The second-order valence-corrected chi connectivity index (χ2v) is 6.83. The molecule has 1 nitrogen and oxygen atoms in total. The van der Waals surface area contributed by atoms with Crippen molar-refractivity contribution in [2.45, 2.75) is 6.92 Å². The van der Waals surface area contributed by atoms with Gasteiger partial charge in [0, 0.05) is 26.8 Å². The van der Waals surface area contributed by atoms with E-state index in [2.05, 4.69) is 18.0 Å². The van der Waals surface area contributed by atoms with E-state index < -0.39 is 0 Å². The summed E-state index contributed by atoms with van der Waals surface area (Å²) < 4.78 is 1.46. The number of nitrogens with zero attached hydrogens (tertiary/aromatic N) is 1. The van der Waals surface area contributed by atoms with Gasteiger partial charge in [0.1, 0.15) is 0 Å². The second kappa shape index (κ2) is 5.14. The van der Waals surface area contributed by atoms with E-state index in [4.69, 9.17) is 0 Å². The molecule has 1 saturated heterocycles. The molecule has 0 aliphatic carbocycles. The molecule has 0 atom stereocenters. The van der Waals surface area contributed by atoms with E-state index in [0.717, 1.165) is 0 Å². The highest BCUT2D eigenvalue weighted by Gasteiger charge is 2.11. The van der Waals surface area contributed by atoms with Crippen LogP contribution in [0.15, 0.2) is 28.8 Å². The predicted molar refractivity (Wildman–Crippen MR) is 69.3 cm³/mol. The van der Waals surface area contributed by atoms with Crippen LogP contribution in [0.2, 0.25) is 0 Å². The molecule has 0 bridgehead atoms. The molecule has 0 N–H and O–H groups in total. The molecular weight excluding hydrogens is 230 g/mol. The molecule has 0 aromatic carbocycles. The topological polar surface area (TPSA) is 12.9 Å². The third kappa shape index (κ3) is 2.49. The first-order valence-corrected chi connectivity index (χ1v) is 7.45. The Bertz CT molecular complexity index is 326. The summed E-state index contributed by atoms with van der Waals surface area (Å²) in [6.07, 6.45) is 3.75. The molecule has 2 rings (SSSR count). The lowest BCUT2D eigenvalue weighted by atomic mass is 10.2. The first-order chi connectivity index (χ1) is 6.88. The summed E-state index contributed by atoms with van der Waals surface area (Å²) in [5, 5.41) is 2.36. The van der Waals surface area contributed by atoms with E-state index in [9.17, 15) is 0 Å². The lowest BCUT2D eigenvalue weighted by molar-refractivity contribution is 1.30. The maximum absolute atomic E-state index is 4.14. The summed E-state index contributed by atoms with van der Waals surface area (Å²) in [7, 11) is 0. The fraction of sp³-hybridized carbons (Fsp3) is 0.300. The van der Waals surface area contributed by atoms with Crippen molar-refractivity contribution in [1.29, 1.82) is 0 Å². The minimum Gasteiger partial charge on any atom is -0.264 e. The quantitative estimate of drug-likeness (QED) is 0.739. The van der Waals surface area contributed by atoms with Gasteiger partial charge in [0.05, 0.1) is 0 Å². The first kappa shape index (κ1) is 10.5. The van der Waals surface area contributed by atoms with Gasteiger partial charge in [0.2, 0.25) is 0 Å². The lowest BCUT2D eigenvalue weighted by Crippen LogP contribution is -1.89. The Morgan fingerprint density at radius 1 is 1.36 bits per heavy atom. The Balaban J connectivity index is 2.25. The number of rotatable bonds is 1. The molecule has 0 unspecified atom stereocenters. The zero-order valence-corrected chi connectivity index (χ0v) is 10.3. The van der Waals surface area contributed by atoms with Gasteiger partial charge in [-0.25, -0.2) is 0 Å². The average molecular weight is 241 g/mol. The number of hydrogen-bond acceptors (Lipinski definition) is 4. The number of pyridine rings is 1. The molecule has 74 valence electrons. The Labute approximate surface area is 97.1 Å². The zero-order chi connectivity index (χ0) is 9.80. The standard InChI is InChI=1S/C10H11NS3/c1-8(9-3-2-4-11-5-9)10-13-6-12-7-14-10/h2-5H,6-7H2,1H3. The maximum Gasteiger partial charge on any atom is 0.0453 e. The smallest absolute Gasteiger partial charge is 0.0453 e. The van der Waals surface area contributed by atoms with E-state index in [-0.39, 0.29) is 0 Å². The molecule has 0 spiro atoms. The second-order valence-electron chi connectivity index (χ2n) is 2.88. The fourth-order valence-corrected chi connectivity index (χ4v) is 5.46. The Hall–Kier alpha value is -0.0600. The third-order valence-corrected chi connectivity index (χ3v) is 6.07. The van der Waals surface area contributed by atoms with Gasteiger partial charge in [0.15, 0.2) is 0 Å². The molecule has 1 aromatic heterocycles. The molecule has 1 aliphatic rings. The Kier molecular flexibility index (Phi) is 3.84. The van der Waals surface area contributed by atoms with Crippen LogP contribution in [0.1, 0.15) is 12.5 Å². The van der Waals surface area contributed by atoms with Crippen molar-refractivity contribution in [3.8, 4) is 0 Å². The number of thioether (sulfide) groups is 3. The fourth-order valence-electron chi connectivity index (χ4n) is 1.18. The van der Waals surface area contributed by atoms with Crippen LogP contribution in [0.4, 0.5) is 0 Å². The highest BCUT2D eigenvalue weighted by atomic mass is 32.3. The highest BCUT2D eigenvalue weighted by Crippen LogP contribution is 2.43. The summed E-state index contributed by atoms with van der Waals surface area (Å²) in [6.45, 7) is 2.18. The maximum atomic E-state index is 4.14. The molecule has 1 fully saturated rings.